The van der Waals surface area contributed by atoms with Gasteiger partial charge in [0.05, 0.1) is 7.11 Å². The van der Waals surface area contributed by atoms with Gasteiger partial charge in [-0.25, -0.2) is 9.37 Å². The molecule has 0 unspecified atom stereocenters. The lowest BCUT2D eigenvalue weighted by Gasteiger charge is -2.13. The Labute approximate surface area is 111 Å². The summed E-state index contributed by atoms with van der Waals surface area (Å²) >= 11 is 0. The second-order valence-corrected chi connectivity index (χ2v) is 4.29. The molecule has 0 saturated carbocycles. The Morgan fingerprint density at radius 1 is 1.26 bits per heavy atom. The molecule has 0 saturated heterocycles. The molecule has 0 atom stereocenters. The Kier molecular flexibility index (Phi) is 3.60. The number of pyridine rings is 1. The Balaban J connectivity index is 2.77. The van der Waals surface area contributed by atoms with Crippen LogP contribution in [0.5, 0.6) is 5.75 Å². The number of halogens is 1. The predicted molar refractivity (Wildman–Crippen MR) is 71.0 cm³/mol. The topological polar surface area (TPSA) is 39.2 Å². The minimum absolute atomic E-state index is 0.210. The fourth-order valence-electron chi connectivity index (χ4n) is 2.09. The predicted octanol–water partition coefficient (Wildman–Crippen LogP) is 3.33. The van der Waals surface area contributed by atoms with E-state index in [1.807, 2.05) is 32.0 Å². The van der Waals surface area contributed by atoms with Crippen LogP contribution in [-0.2, 0) is 0 Å². The molecule has 0 aliphatic heterocycles. The summed E-state index contributed by atoms with van der Waals surface area (Å²) in [6.45, 7) is 3.88. The molecule has 0 radical (unpaired) electrons. The third kappa shape index (κ3) is 2.34. The number of aromatic nitrogens is 1. The van der Waals surface area contributed by atoms with Gasteiger partial charge in [0.2, 0.25) is 0 Å². The Bertz CT molecular complexity index is 618. The maximum absolute atomic E-state index is 13.6. The van der Waals surface area contributed by atoms with Crippen LogP contribution in [0.2, 0.25) is 0 Å². The highest BCUT2D eigenvalue weighted by Crippen LogP contribution is 2.33. The average molecular weight is 259 g/mol. The molecule has 19 heavy (non-hydrogen) atoms. The first-order valence-corrected chi connectivity index (χ1v) is 5.84. The third-order valence-electron chi connectivity index (χ3n) is 3.02. The molecule has 0 fully saturated rings. The normalized spacial score (nSPS) is 10.3. The Hall–Kier alpha value is -2.23. The molecule has 1 aromatic carbocycles. The zero-order chi connectivity index (χ0) is 14.0. The quantitative estimate of drug-likeness (QED) is 0.794. The minimum Gasteiger partial charge on any atom is -0.494 e. The number of ether oxygens (including phenoxy) is 1. The first kappa shape index (κ1) is 13.2. The highest BCUT2D eigenvalue weighted by Gasteiger charge is 2.16. The van der Waals surface area contributed by atoms with Crippen LogP contribution in [0.25, 0.3) is 11.3 Å². The SMILES string of the molecule is COc1cc(F)c(C=O)nc1-c1c(C)cccc1C. The van der Waals surface area contributed by atoms with Gasteiger partial charge in [-0.15, -0.1) is 0 Å². The standard InChI is InChI=1S/C15H14FNO2/c1-9-5-4-6-10(2)14(9)15-13(19-3)7-11(16)12(8-18)17-15/h4-8H,1-3H3. The first-order chi connectivity index (χ1) is 9.08. The number of carbonyl (C=O) groups excluding carboxylic acids is 1. The van der Waals surface area contributed by atoms with Crippen LogP contribution in [0, 0.1) is 19.7 Å². The van der Waals surface area contributed by atoms with E-state index in [1.54, 1.807) is 0 Å². The second-order valence-electron chi connectivity index (χ2n) is 4.29. The maximum Gasteiger partial charge on any atom is 0.171 e. The van der Waals surface area contributed by atoms with E-state index in [0.29, 0.717) is 17.7 Å². The number of aldehydes is 1. The number of nitrogens with zero attached hydrogens (tertiary/aromatic N) is 1. The number of hydrogen-bond acceptors (Lipinski definition) is 3. The highest BCUT2D eigenvalue weighted by molar-refractivity contribution is 5.78. The van der Waals surface area contributed by atoms with Crippen molar-refractivity contribution in [3.8, 4) is 17.0 Å². The molecule has 0 aliphatic carbocycles. The van der Waals surface area contributed by atoms with Crippen LogP contribution in [0.15, 0.2) is 24.3 Å². The third-order valence-corrected chi connectivity index (χ3v) is 3.02. The van der Waals surface area contributed by atoms with Gasteiger partial charge in [-0.3, -0.25) is 4.79 Å². The summed E-state index contributed by atoms with van der Waals surface area (Å²) in [6, 6.07) is 7.00. The lowest BCUT2D eigenvalue weighted by Crippen LogP contribution is -2.01. The lowest BCUT2D eigenvalue weighted by molar-refractivity contribution is 0.111. The molecule has 1 aromatic heterocycles. The van der Waals surface area contributed by atoms with Crippen molar-refractivity contribution >= 4 is 6.29 Å². The van der Waals surface area contributed by atoms with Gasteiger partial charge in [0.25, 0.3) is 0 Å². The molecule has 1 heterocycles. The first-order valence-electron chi connectivity index (χ1n) is 5.84. The lowest BCUT2D eigenvalue weighted by atomic mass is 9.99. The number of methoxy groups -OCH3 is 1. The zero-order valence-corrected chi connectivity index (χ0v) is 11.0. The van der Waals surface area contributed by atoms with Gasteiger partial charge in [-0.1, -0.05) is 18.2 Å². The maximum atomic E-state index is 13.6. The molecule has 0 N–H and O–H groups in total. The molecule has 2 rings (SSSR count). The average Bonchev–Trinajstić information content (AvgIpc) is 2.39. The molecular weight excluding hydrogens is 245 g/mol. The number of carbonyl (C=O) groups is 1. The van der Waals surface area contributed by atoms with Gasteiger partial charge in [-0.2, -0.15) is 0 Å². The van der Waals surface area contributed by atoms with E-state index in [4.69, 9.17) is 4.74 Å². The van der Waals surface area contributed by atoms with Crippen LogP contribution in [-0.4, -0.2) is 18.4 Å². The molecule has 98 valence electrons. The van der Waals surface area contributed by atoms with Crippen molar-refractivity contribution in [3.05, 3.63) is 46.9 Å². The number of benzene rings is 1. The van der Waals surface area contributed by atoms with E-state index in [1.165, 1.54) is 13.2 Å². The van der Waals surface area contributed by atoms with Crippen molar-refractivity contribution in [3.63, 3.8) is 0 Å². The van der Waals surface area contributed by atoms with Crippen molar-refractivity contribution in [2.45, 2.75) is 13.8 Å². The summed E-state index contributed by atoms with van der Waals surface area (Å²) < 4.78 is 18.7. The van der Waals surface area contributed by atoms with Gasteiger partial charge in [0.1, 0.15) is 17.1 Å². The molecule has 2 aromatic rings. The van der Waals surface area contributed by atoms with Crippen molar-refractivity contribution in [2.24, 2.45) is 0 Å². The smallest absolute Gasteiger partial charge is 0.171 e. The zero-order valence-electron chi connectivity index (χ0n) is 11.0. The summed E-state index contributed by atoms with van der Waals surface area (Å²) in [4.78, 5) is 14.9. The summed E-state index contributed by atoms with van der Waals surface area (Å²) in [7, 11) is 1.45. The largest absolute Gasteiger partial charge is 0.494 e. The monoisotopic (exact) mass is 259 g/mol. The van der Waals surface area contributed by atoms with Gasteiger partial charge < -0.3 is 4.74 Å². The fraction of sp³-hybridized carbons (Fsp3) is 0.200. The van der Waals surface area contributed by atoms with Crippen molar-refractivity contribution < 1.29 is 13.9 Å². The Morgan fingerprint density at radius 2 is 1.89 bits per heavy atom. The van der Waals surface area contributed by atoms with Crippen LogP contribution < -0.4 is 4.74 Å². The van der Waals surface area contributed by atoms with Crippen LogP contribution in [0.3, 0.4) is 0 Å². The fourth-order valence-corrected chi connectivity index (χ4v) is 2.09. The molecule has 0 amide bonds. The van der Waals surface area contributed by atoms with E-state index < -0.39 is 5.82 Å². The number of hydrogen-bond donors (Lipinski definition) is 0. The minimum atomic E-state index is -0.679. The number of rotatable bonds is 3. The highest BCUT2D eigenvalue weighted by atomic mass is 19.1. The van der Waals surface area contributed by atoms with Gasteiger partial charge in [0.15, 0.2) is 12.1 Å². The van der Waals surface area contributed by atoms with Gasteiger partial charge >= 0.3 is 0 Å². The van der Waals surface area contributed by atoms with Crippen molar-refractivity contribution in [1.29, 1.82) is 0 Å². The second kappa shape index (κ2) is 5.18. The molecular formula is C15H14FNO2. The van der Waals surface area contributed by atoms with E-state index in [9.17, 15) is 9.18 Å². The molecule has 3 nitrogen and oxygen atoms in total. The summed E-state index contributed by atoms with van der Waals surface area (Å²) in [5.74, 6) is -0.359. The van der Waals surface area contributed by atoms with E-state index in [2.05, 4.69) is 4.98 Å². The van der Waals surface area contributed by atoms with Crippen molar-refractivity contribution in [2.75, 3.05) is 7.11 Å². The van der Waals surface area contributed by atoms with E-state index in [-0.39, 0.29) is 5.69 Å². The Morgan fingerprint density at radius 3 is 2.42 bits per heavy atom. The van der Waals surface area contributed by atoms with Gasteiger partial charge in [-0.05, 0) is 25.0 Å². The van der Waals surface area contributed by atoms with Gasteiger partial charge in [0, 0.05) is 11.6 Å². The molecule has 0 bridgehead atoms. The summed E-state index contributed by atoms with van der Waals surface area (Å²) in [5, 5.41) is 0. The number of aryl methyl sites for hydroxylation is 2. The van der Waals surface area contributed by atoms with Crippen LogP contribution in [0.4, 0.5) is 4.39 Å². The molecule has 0 spiro atoms. The van der Waals surface area contributed by atoms with Crippen LogP contribution >= 0.6 is 0 Å². The molecule has 4 heteroatoms. The van der Waals surface area contributed by atoms with Crippen LogP contribution in [0.1, 0.15) is 21.6 Å². The van der Waals surface area contributed by atoms with E-state index >= 15 is 0 Å². The van der Waals surface area contributed by atoms with Crippen molar-refractivity contribution in [1.82, 2.24) is 4.98 Å². The molecule has 0 aliphatic rings. The van der Waals surface area contributed by atoms with E-state index in [0.717, 1.165) is 16.7 Å². The summed E-state index contributed by atoms with van der Waals surface area (Å²) in [5.41, 5.74) is 3.13. The summed E-state index contributed by atoms with van der Waals surface area (Å²) in [6.07, 6.45) is 0.409.